The minimum Gasteiger partial charge on any atom is -0.481 e. The van der Waals surface area contributed by atoms with Gasteiger partial charge in [-0.1, -0.05) is 0 Å². The Hall–Kier alpha value is -1.06. The predicted octanol–water partition coefficient (Wildman–Crippen LogP) is 1.00. The molecule has 4 heteroatoms. The van der Waals surface area contributed by atoms with E-state index in [4.69, 9.17) is 9.47 Å². The molecule has 4 nitrogen and oxygen atoms in total. The molecule has 1 aliphatic heterocycles. The molecule has 0 spiro atoms. The van der Waals surface area contributed by atoms with Gasteiger partial charge in [0.25, 0.3) is 0 Å². The highest BCUT2D eigenvalue weighted by Gasteiger charge is 2.30. The number of hydrogen-bond acceptors (Lipinski definition) is 4. The van der Waals surface area contributed by atoms with Gasteiger partial charge in [0.1, 0.15) is 5.92 Å². The molecular weight excluding hydrogens is 170 g/mol. The lowest BCUT2D eigenvalue weighted by atomic mass is 10.1. The number of hydrogen-bond donors (Lipinski definition) is 0. The normalized spacial score (nSPS) is 21.1. The van der Waals surface area contributed by atoms with Crippen LogP contribution in [0.25, 0.3) is 0 Å². The fourth-order valence-corrected chi connectivity index (χ4v) is 1.29. The van der Waals surface area contributed by atoms with Crippen LogP contribution in [0.4, 0.5) is 0 Å². The molecule has 0 radical (unpaired) electrons. The summed E-state index contributed by atoms with van der Waals surface area (Å²) in [6, 6.07) is 0. The van der Waals surface area contributed by atoms with Gasteiger partial charge in [-0.3, -0.25) is 9.79 Å². The van der Waals surface area contributed by atoms with E-state index in [1.54, 1.807) is 6.92 Å². The second kappa shape index (κ2) is 4.84. The Kier molecular flexibility index (Phi) is 3.73. The average molecular weight is 185 g/mol. The summed E-state index contributed by atoms with van der Waals surface area (Å²) in [7, 11) is 0. The maximum Gasteiger partial charge on any atom is 0.318 e. The minimum absolute atomic E-state index is 0.216. The lowest BCUT2D eigenvalue weighted by molar-refractivity contribution is -0.145. The van der Waals surface area contributed by atoms with E-state index in [1.165, 1.54) is 0 Å². The first-order chi connectivity index (χ1) is 6.29. The van der Waals surface area contributed by atoms with E-state index in [0.717, 1.165) is 0 Å². The van der Waals surface area contributed by atoms with Crippen molar-refractivity contribution in [3.05, 3.63) is 0 Å². The summed E-state index contributed by atoms with van der Waals surface area (Å²) < 4.78 is 10.1. The maximum atomic E-state index is 11.3. The number of rotatable bonds is 3. The van der Waals surface area contributed by atoms with Crippen molar-refractivity contribution < 1.29 is 14.3 Å². The summed E-state index contributed by atoms with van der Waals surface area (Å²) in [6.07, 6.45) is 0.716. The van der Waals surface area contributed by atoms with Crippen molar-refractivity contribution in [2.75, 3.05) is 19.8 Å². The Morgan fingerprint density at radius 1 is 1.54 bits per heavy atom. The van der Waals surface area contributed by atoms with E-state index < -0.39 is 0 Å². The van der Waals surface area contributed by atoms with E-state index in [-0.39, 0.29) is 11.9 Å². The quantitative estimate of drug-likeness (QED) is 0.616. The third kappa shape index (κ3) is 2.44. The first-order valence-electron chi connectivity index (χ1n) is 4.63. The van der Waals surface area contributed by atoms with Crippen LogP contribution in [0.15, 0.2) is 4.99 Å². The molecule has 1 atom stereocenters. The van der Waals surface area contributed by atoms with E-state index in [9.17, 15) is 4.79 Å². The highest BCUT2D eigenvalue weighted by atomic mass is 16.5. The van der Waals surface area contributed by atoms with Gasteiger partial charge in [-0.15, -0.1) is 0 Å². The van der Waals surface area contributed by atoms with Gasteiger partial charge in [0.05, 0.1) is 13.2 Å². The smallest absolute Gasteiger partial charge is 0.318 e. The Labute approximate surface area is 77.9 Å². The van der Waals surface area contributed by atoms with Crippen LogP contribution in [0.5, 0.6) is 0 Å². The van der Waals surface area contributed by atoms with Crippen LogP contribution in [-0.4, -0.2) is 31.6 Å². The maximum absolute atomic E-state index is 11.3. The van der Waals surface area contributed by atoms with Crippen molar-refractivity contribution >= 4 is 11.9 Å². The molecule has 0 aliphatic carbocycles. The molecule has 0 aromatic heterocycles. The van der Waals surface area contributed by atoms with Gasteiger partial charge in [0, 0.05) is 6.54 Å². The second-order valence-electron chi connectivity index (χ2n) is 2.75. The molecule has 1 rings (SSSR count). The molecule has 74 valence electrons. The molecule has 1 heterocycles. The largest absolute Gasteiger partial charge is 0.481 e. The summed E-state index contributed by atoms with van der Waals surface area (Å²) in [5, 5.41) is 0. The van der Waals surface area contributed by atoms with Crippen molar-refractivity contribution in [2.24, 2.45) is 10.9 Å². The zero-order valence-corrected chi connectivity index (χ0v) is 8.08. The van der Waals surface area contributed by atoms with Crippen LogP contribution >= 0.6 is 0 Å². The number of esters is 1. The third-order valence-electron chi connectivity index (χ3n) is 1.85. The molecule has 0 saturated carbocycles. The van der Waals surface area contributed by atoms with Crippen molar-refractivity contribution in [2.45, 2.75) is 20.3 Å². The summed E-state index contributed by atoms with van der Waals surface area (Å²) in [4.78, 5) is 15.5. The predicted molar refractivity (Wildman–Crippen MR) is 48.7 cm³/mol. The van der Waals surface area contributed by atoms with Gasteiger partial charge in [-0.25, -0.2) is 0 Å². The van der Waals surface area contributed by atoms with Gasteiger partial charge < -0.3 is 9.47 Å². The molecule has 0 aromatic carbocycles. The Bertz CT molecular complexity index is 213. The standard InChI is InChI=1S/C9H15NO3/c1-3-12-8-7(5-6-10-8)9(11)13-4-2/h7H,3-6H2,1-2H3/t7-/m0/s1. The summed E-state index contributed by atoms with van der Waals surface area (Å²) in [5.74, 6) is 0.0630. The average Bonchev–Trinajstić information content (AvgIpc) is 2.54. The monoisotopic (exact) mass is 185 g/mol. The fraction of sp³-hybridized carbons (Fsp3) is 0.778. The molecule has 0 saturated heterocycles. The van der Waals surface area contributed by atoms with Crippen LogP contribution in [0, 0.1) is 5.92 Å². The molecule has 0 unspecified atom stereocenters. The Morgan fingerprint density at radius 3 is 2.92 bits per heavy atom. The summed E-state index contributed by atoms with van der Waals surface area (Å²) in [5.41, 5.74) is 0. The second-order valence-corrected chi connectivity index (χ2v) is 2.75. The van der Waals surface area contributed by atoms with Gasteiger partial charge in [0.2, 0.25) is 0 Å². The molecular formula is C9H15NO3. The lowest BCUT2D eigenvalue weighted by Gasteiger charge is -2.11. The number of nitrogens with zero attached hydrogens (tertiary/aromatic N) is 1. The molecule has 13 heavy (non-hydrogen) atoms. The molecule has 0 amide bonds. The van der Waals surface area contributed by atoms with Crippen molar-refractivity contribution in [1.82, 2.24) is 0 Å². The number of ether oxygens (including phenoxy) is 2. The number of carbonyl (C=O) groups is 1. The zero-order valence-electron chi connectivity index (χ0n) is 8.08. The number of aliphatic imine (C=N–C) groups is 1. The third-order valence-corrected chi connectivity index (χ3v) is 1.85. The topological polar surface area (TPSA) is 47.9 Å². The first-order valence-corrected chi connectivity index (χ1v) is 4.63. The van der Waals surface area contributed by atoms with Gasteiger partial charge >= 0.3 is 5.97 Å². The zero-order chi connectivity index (χ0) is 9.68. The van der Waals surface area contributed by atoms with Crippen molar-refractivity contribution in [3.63, 3.8) is 0 Å². The van der Waals surface area contributed by atoms with E-state index in [0.29, 0.717) is 32.1 Å². The van der Waals surface area contributed by atoms with E-state index >= 15 is 0 Å². The summed E-state index contributed by atoms with van der Waals surface area (Å²) >= 11 is 0. The fourth-order valence-electron chi connectivity index (χ4n) is 1.29. The van der Waals surface area contributed by atoms with Crippen molar-refractivity contribution in [3.8, 4) is 0 Å². The molecule has 1 aliphatic rings. The number of carbonyl (C=O) groups excluding carboxylic acids is 1. The van der Waals surface area contributed by atoms with E-state index in [1.807, 2.05) is 6.92 Å². The van der Waals surface area contributed by atoms with Crippen LogP contribution in [0.1, 0.15) is 20.3 Å². The van der Waals surface area contributed by atoms with Gasteiger partial charge in [0.15, 0.2) is 5.90 Å². The van der Waals surface area contributed by atoms with Gasteiger partial charge in [-0.05, 0) is 20.3 Å². The van der Waals surface area contributed by atoms with Gasteiger partial charge in [-0.2, -0.15) is 0 Å². The Morgan fingerprint density at radius 2 is 2.31 bits per heavy atom. The molecule has 0 N–H and O–H groups in total. The summed E-state index contributed by atoms with van der Waals surface area (Å²) in [6.45, 7) is 5.30. The van der Waals surface area contributed by atoms with E-state index in [2.05, 4.69) is 4.99 Å². The minimum atomic E-state index is -0.264. The van der Waals surface area contributed by atoms with Crippen molar-refractivity contribution in [1.29, 1.82) is 0 Å². The highest BCUT2D eigenvalue weighted by molar-refractivity contribution is 5.98. The van der Waals surface area contributed by atoms with Crippen LogP contribution < -0.4 is 0 Å². The SMILES string of the molecule is CCOC(=O)[C@H]1CCN=C1OCC. The molecule has 0 fully saturated rings. The Balaban J connectivity index is 2.50. The van der Waals surface area contributed by atoms with Crippen LogP contribution in [0.3, 0.4) is 0 Å². The van der Waals surface area contributed by atoms with Crippen LogP contribution in [-0.2, 0) is 14.3 Å². The highest BCUT2D eigenvalue weighted by Crippen LogP contribution is 2.16. The lowest BCUT2D eigenvalue weighted by Crippen LogP contribution is -2.25. The molecule has 0 aromatic rings. The van der Waals surface area contributed by atoms with Crippen LogP contribution in [0.2, 0.25) is 0 Å². The first kappa shape index (κ1) is 10.0. The molecule has 0 bridgehead atoms.